The minimum Gasteiger partial charge on any atom is -0.456 e. The van der Waals surface area contributed by atoms with Crippen LogP contribution in [0, 0.1) is 0 Å². The van der Waals surface area contributed by atoms with Crippen LogP contribution in [0.5, 0.6) is 11.5 Å². The molecular weight excluding hydrogens is 318 g/mol. The van der Waals surface area contributed by atoms with Crippen molar-refractivity contribution < 1.29 is 9.84 Å². The molecule has 3 nitrogen and oxygen atoms in total. The van der Waals surface area contributed by atoms with Crippen LogP contribution in [0.4, 0.5) is 0 Å². The molecule has 94 valence electrons. The SMILES string of the molecule is CC(O)c1ccc(Oc2cncc(Cl)c2)cc1Br. The molecule has 5 heteroatoms. The molecule has 18 heavy (non-hydrogen) atoms. The number of pyridine rings is 1. The van der Waals surface area contributed by atoms with Crippen molar-refractivity contribution in [3.63, 3.8) is 0 Å². The van der Waals surface area contributed by atoms with Gasteiger partial charge in [-0.3, -0.25) is 4.98 Å². The second-order valence-electron chi connectivity index (χ2n) is 3.80. The topological polar surface area (TPSA) is 42.4 Å². The van der Waals surface area contributed by atoms with Gasteiger partial charge >= 0.3 is 0 Å². The van der Waals surface area contributed by atoms with Gasteiger partial charge < -0.3 is 9.84 Å². The predicted molar refractivity (Wildman–Crippen MR) is 74.1 cm³/mol. The van der Waals surface area contributed by atoms with E-state index in [1.165, 1.54) is 0 Å². The second-order valence-corrected chi connectivity index (χ2v) is 5.09. The van der Waals surface area contributed by atoms with E-state index in [1.54, 1.807) is 37.5 Å². The summed E-state index contributed by atoms with van der Waals surface area (Å²) in [5, 5.41) is 10.0. The Labute approximate surface area is 119 Å². The van der Waals surface area contributed by atoms with Gasteiger partial charge in [-0.1, -0.05) is 33.6 Å². The first-order valence-corrected chi connectivity index (χ1v) is 6.49. The van der Waals surface area contributed by atoms with E-state index in [9.17, 15) is 5.11 Å². The van der Waals surface area contributed by atoms with Crippen molar-refractivity contribution in [3.8, 4) is 11.5 Å². The number of benzene rings is 1. The van der Waals surface area contributed by atoms with Gasteiger partial charge in [0, 0.05) is 16.7 Å². The van der Waals surface area contributed by atoms with Crippen LogP contribution in [0.3, 0.4) is 0 Å². The molecule has 0 bridgehead atoms. The molecular formula is C13H11BrClNO2. The summed E-state index contributed by atoms with van der Waals surface area (Å²) in [5.41, 5.74) is 0.812. The Kier molecular flexibility index (Phi) is 4.22. The lowest BCUT2D eigenvalue weighted by Crippen LogP contribution is -1.93. The monoisotopic (exact) mass is 327 g/mol. The van der Waals surface area contributed by atoms with Crippen LogP contribution in [-0.4, -0.2) is 10.1 Å². The molecule has 0 saturated heterocycles. The molecule has 1 aromatic carbocycles. The Hall–Kier alpha value is -1.10. The van der Waals surface area contributed by atoms with E-state index < -0.39 is 6.10 Å². The Morgan fingerprint density at radius 2 is 2.06 bits per heavy atom. The van der Waals surface area contributed by atoms with Crippen LogP contribution >= 0.6 is 27.5 Å². The van der Waals surface area contributed by atoms with E-state index in [-0.39, 0.29) is 0 Å². The lowest BCUT2D eigenvalue weighted by Gasteiger charge is -2.10. The highest BCUT2D eigenvalue weighted by molar-refractivity contribution is 9.10. The number of ether oxygens (including phenoxy) is 1. The summed E-state index contributed by atoms with van der Waals surface area (Å²) in [6.45, 7) is 1.71. The Morgan fingerprint density at radius 3 is 2.67 bits per heavy atom. The third-order valence-corrected chi connectivity index (χ3v) is 3.23. The first-order valence-electron chi connectivity index (χ1n) is 5.32. The number of halogens is 2. The van der Waals surface area contributed by atoms with E-state index >= 15 is 0 Å². The minimum atomic E-state index is -0.527. The van der Waals surface area contributed by atoms with Crippen LogP contribution in [0.1, 0.15) is 18.6 Å². The molecule has 2 aromatic rings. The van der Waals surface area contributed by atoms with Gasteiger partial charge in [-0.25, -0.2) is 0 Å². The summed E-state index contributed by atoms with van der Waals surface area (Å²) in [7, 11) is 0. The molecule has 1 aromatic heterocycles. The molecule has 0 aliphatic rings. The molecule has 0 saturated carbocycles. The van der Waals surface area contributed by atoms with Crippen molar-refractivity contribution in [1.29, 1.82) is 0 Å². The molecule has 0 spiro atoms. The highest BCUT2D eigenvalue weighted by Gasteiger charge is 2.08. The van der Waals surface area contributed by atoms with Gasteiger partial charge in [-0.15, -0.1) is 0 Å². The van der Waals surface area contributed by atoms with Gasteiger partial charge in [0.1, 0.15) is 11.5 Å². The van der Waals surface area contributed by atoms with E-state index in [2.05, 4.69) is 20.9 Å². The maximum atomic E-state index is 9.52. The van der Waals surface area contributed by atoms with Gasteiger partial charge in [0.25, 0.3) is 0 Å². The van der Waals surface area contributed by atoms with Crippen LogP contribution in [0.25, 0.3) is 0 Å². The van der Waals surface area contributed by atoms with Crippen LogP contribution in [0.2, 0.25) is 5.02 Å². The summed E-state index contributed by atoms with van der Waals surface area (Å²) in [5.74, 6) is 1.22. The number of nitrogens with zero attached hydrogens (tertiary/aromatic N) is 1. The number of rotatable bonds is 3. The maximum Gasteiger partial charge on any atom is 0.147 e. The predicted octanol–water partition coefficient (Wildman–Crippen LogP) is 4.34. The van der Waals surface area contributed by atoms with Crippen LogP contribution in [0.15, 0.2) is 41.1 Å². The van der Waals surface area contributed by atoms with Gasteiger partial charge in [0.2, 0.25) is 0 Å². The normalized spacial score (nSPS) is 12.2. The first-order chi connectivity index (χ1) is 8.56. The molecule has 1 atom stereocenters. The van der Waals surface area contributed by atoms with Crippen molar-refractivity contribution in [2.75, 3.05) is 0 Å². The lowest BCUT2D eigenvalue weighted by atomic mass is 10.1. The lowest BCUT2D eigenvalue weighted by molar-refractivity contribution is 0.198. The second kappa shape index (κ2) is 5.69. The largest absolute Gasteiger partial charge is 0.456 e. The fourth-order valence-corrected chi connectivity index (χ4v) is 2.35. The molecule has 0 amide bonds. The first kappa shape index (κ1) is 13.3. The van der Waals surface area contributed by atoms with E-state index in [4.69, 9.17) is 16.3 Å². The molecule has 0 fully saturated rings. The van der Waals surface area contributed by atoms with Gasteiger partial charge in [-0.2, -0.15) is 0 Å². The van der Waals surface area contributed by atoms with Crippen LogP contribution in [-0.2, 0) is 0 Å². The third kappa shape index (κ3) is 3.22. The Morgan fingerprint density at radius 1 is 1.28 bits per heavy atom. The zero-order valence-electron chi connectivity index (χ0n) is 9.60. The summed E-state index contributed by atoms with van der Waals surface area (Å²) < 4.78 is 6.41. The molecule has 1 unspecified atom stereocenters. The summed E-state index contributed by atoms with van der Waals surface area (Å²) in [4.78, 5) is 3.94. The number of aliphatic hydroxyl groups is 1. The standard InChI is InChI=1S/C13H11BrClNO2/c1-8(17)12-3-2-10(5-13(12)14)18-11-4-9(15)6-16-7-11/h2-8,17H,1H3. The zero-order valence-corrected chi connectivity index (χ0v) is 11.9. The smallest absolute Gasteiger partial charge is 0.147 e. The summed E-state index contributed by atoms with van der Waals surface area (Å²) in [6.07, 6.45) is 2.60. The zero-order chi connectivity index (χ0) is 13.1. The average Bonchev–Trinajstić information content (AvgIpc) is 2.28. The number of aromatic nitrogens is 1. The summed E-state index contributed by atoms with van der Waals surface area (Å²) >= 11 is 9.22. The number of hydrogen-bond donors (Lipinski definition) is 1. The van der Waals surface area contributed by atoms with Crippen molar-refractivity contribution in [1.82, 2.24) is 4.98 Å². The molecule has 1 heterocycles. The fraction of sp³-hybridized carbons (Fsp3) is 0.154. The molecule has 0 aliphatic heterocycles. The number of hydrogen-bond acceptors (Lipinski definition) is 3. The Balaban J connectivity index is 2.23. The highest BCUT2D eigenvalue weighted by Crippen LogP contribution is 2.30. The Bertz CT molecular complexity index is 560. The fourth-order valence-electron chi connectivity index (χ4n) is 1.49. The minimum absolute atomic E-state index is 0.521. The highest BCUT2D eigenvalue weighted by atomic mass is 79.9. The van der Waals surface area contributed by atoms with Crippen molar-refractivity contribution in [2.24, 2.45) is 0 Å². The quantitative estimate of drug-likeness (QED) is 0.911. The van der Waals surface area contributed by atoms with E-state index in [0.717, 1.165) is 10.0 Å². The molecule has 0 radical (unpaired) electrons. The molecule has 0 aliphatic carbocycles. The third-order valence-electron chi connectivity index (χ3n) is 2.34. The maximum absolute atomic E-state index is 9.52. The molecule has 2 rings (SSSR count). The average molecular weight is 329 g/mol. The van der Waals surface area contributed by atoms with Gasteiger partial charge in [0.05, 0.1) is 17.3 Å². The van der Waals surface area contributed by atoms with Gasteiger partial charge in [-0.05, 0) is 24.6 Å². The van der Waals surface area contributed by atoms with Gasteiger partial charge in [0.15, 0.2) is 0 Å². The van der Waals surface area contributed by atoms with Crippen molar-refractivity contribution in [2.45, 2.75) is 13.0 Å². The van der Waals surface area contributed by atoms with Crippen LogP contribution < -0.4 is 4.74 Å². The van der Waals surface area contributed by atoms with Crippen molar-refractivity contribution in [3.05, 3.63) is 51.7 Å². The van der Waals surface area contributed by atoms with E-state index in [1.807, 2.05) is 6.07 Å². The van der Waals surface area contributed by atoms with E-state index in [0.29, 0.717) is 16.5 Å². The van der Waals surface area contributed by atoms with Crippen molar-refractivity contribution >= 4 is 27.5 Å². The summed E-state index contributed by atoms with van der Waals surface area (Å²) in [6, 6.07) is 7.07. The number of aliphatic hydroxyl groups excluding tert-OH is 1. The molecule has 1 N–H and O–H groups in total.